The number of aliphatic carboxylic acids is 2. The molecule has 1 heterocycles. The molecule has 2 amide bonds. The zero-order valence-electron chi connectivity index (χ0n) is 38.6. The van der Waals surface area contributed by atoms with E-state index in [-0.39, 0.29) is 10.7 Å². The number of nitrogens with one attached hydrogen (secondary N) is 2. The van der Waals surface area contributed by atoms with Crippen LogP contribution in [0.3, 0.4) is 0 Å². The molecule has 70 heavy (non-hydrogen) atoms. The molecule has 7 aromatic carbocycles. The van der Waals surface area contributed by atoms with E-state index >= 15 is 0 Å². The molecule has 15 heteroatoms. The number of aryl methyl sites for hydroxylation is 2. The molecule has 0 atom stereocenters. The largest absolute Gasteiger partial charge is 0.481 e. The second-order valence-corrected chi connectivity index (χ2v) is 16.5. The first-order valence-electron chi connectivity index (χ1n) is 21.7. The summed E-state index contributed by atoms with van der Waals surface area (Å²) in [6.45, 7) is 4.07. The van der Waals surface area contributed by atoms with Crippen molar-refractivity contribution in [1.29, 1.82) is 0 Å². The van der Waals surface area contributed by atoms with Crippen molar-refractivity contribution in [1.82, 2.24) is 0 Å². The number of amides is 2. The van der Waals surface area contributed by atoms with Gasteiger partial charge in [-0.15, -0.1) is 0 Å². The normalized spacial score (nSPS) is 12.4. The molecule has 1 fully saturated rings. The van der Waals surface area contributed by atoms with Gasteiger partial charge in [0.05, 0.1) is 11.4 Å². The molecular formula is C55H49N5O8S2. The predicted molar refractivity (Wildman–Crippen MR) is 284 cm³/mol. The average Bonchev–Trinajstić information content (AvgIpc) is 3.34. The van der Waals surface area contributed by atoms with Gasteiger partial charge in [-0.1, -0.05) is 83.9 Å². The van der Waals surface area contributed by atoms with E-state index in [4.69, 9.17) is 44.1 Å². The van der Waals surface area contributed by atoms with E-state index in [2.05, 4.69) is 17.6 Å². The number of hydrogen-bond donors (Lipinski definition) is 4. The third kappa shape index (κ3) is 14.7. The third-order valence-electron chi connectivity index (χ3n) is 10.0. The maximum atomic E-state index is 13.8. The Morgan fingerprint density at radius 2 is 0.943 bits per heavy atom. The van der Waals surface area contributed by atoms with Crippen molar-refractivity contribution in [3.63, 3.8) is 0 Å². The van der Waals surface area contributed by atoms with Crippen LogP contribution in [0.4, 0.5) is 28.4 Å². The minimum absolute atomic E-state index is 0.0186. The van der Waals surface area contributed by atoms with Crippen LogP contribution in [0.25, 0.3) is 6.08 Å². The minimum Gasteiger partial charge on any atom is -0.481 e. The van der Waals surface area contributed by atoms with Gasteiger partial charge in [-0.3, -0.25) is 29.0 Å². The molecule has 1 aliphatic rings. The lowest BCUT2D eigenvalue weighted by molar-refractivity contribution is -0.147. The Hall–Kier alpha value is -8.66. The lowest BCUT2D eigenvalue weighted by Gasteiger charge is -2.36. The lowest BCUT2D eigenvalue weighted by Crippen LogP contribution is -2.56. The number of ether oxygens (including phenoxy) is 2. The Bertz CT molecular complexity index is 2940. The molecule has 13 nitrogen and oxygen atoms in total. The van der Waals surface area contributed by atoms with Gasteiger partial charge < -0.3 is 35.2 Å². The van der Waals surface area contributed by atoms with E-state index in [1.807, 2.05) is 172 Å². The Morgan fingerprint density at radius 3 is 1.36 bits per heavy atom. The first-order valence-corrected chi connectivity index (χ1v) is 22.5. The Morgan fingerprint density at radius 1 is 0.557 bits per heavy atom. The first-order chi connectivity index (χ1) is 33.6. The number of para-hydroxylation sites is 2. The number of benzene rings is 7. The van der Waals surface area contributed by atoms with Crippen LogP contribution < -0.4 is 34.8 Å². The average molecular weight is 972 g/mol. The second-order valence-electron chi connectivity index (χ2n) is 15.7. The molecule has 1 aliphatic heterocycles. The van der Waals surface area contributed by atoms with Crippen LogP contribution in [0, 0.1) is 13.8 Å². The highest BCUT2D eigenvalue weighted by atomic mass is 32.1. The molecule has 0 aliphatic carbocycles. The summed E-state index contributed by atoms with van der Waals surface area (Å²) in [4.78, 5) is 51.1. The maximum Gasteiger partial charge on any atom is 0.314 e. The molecular weight excluding hydrogens is 923 g/mol. The van der Waals surface area contributed by atoms with Crippen molar-refractivity contribution in [2.45, 2.75) is 20.3 Å². The van der Waals surface area contributed by atoms with Crippen LogP contribution in [0.5, 0.6) is 23.0 Å². The van der Waals surface area contributed by atoms with E-state index in [1.54, 1.807) is 42.5 Å². The van der Waals surface area contributed by atoms with Crippen LogP contribution in [0.1, 0.15) is 23.1 Å². The van der Waals surface area contributed by atoms with Crippen molar-refractivity contribution in [3.05, 3.63) is 204 Å². The molecule has 0 aromatic heterocycles. The Kier molecular flexibility index (Phi) is 17.7. The van der Waals surface area contributed by atoms with Gasteiger partial charge in [-0.05, 0) is 159 Å². The monoisotopic (exact) mass is 971 g/mol. The zero-order valence-corrected chi connectivity index (χ0v) is 40.2. The van der Waals surface area contributed by atoms with Crippen molar-refractivity contribution >= 4 is 92.9 Å². The fraction of sp³-hybridized carbons (Fsp3) is 0.0909. The van der Waals surface area contributed by atoms with Gasteiger partial charge in [-0.25, -0.2) is 0 Å². The number of nitrogens with zero attached hydrogens (tertiary/aromatic N) is 3. The van der Waals surface area contributed by atoms with Gasteiger partial charge in [0.1, 0.15) is 35.0 Å². The topological polar surface area (TPSA) is 161 Å². The number of carbonyl (C=O) groups is 4. The molecule has 4 N–H and O–H groups in total. The van der Waals surface area contributed by atoms with E-state index in [1.165, 1.54) is 15.4 Å². The SMILES string of the molecule is Cc1ccc(Oc2ccc(N3C(=O)/C(=C/c4ccc(N(C)C)cc4)C(=O)N(c4ccccc4)C3=S)cc2)cc1.Cc1ccc(Oc2ccc(NC(=S)Nc3ccccc3)cc2)cc1.O=C(O)CC(=O)O. The van der Waals surface area contributed by atoms with Crippen LogP contribution in [-0.4, -0.2) is 58.3 Å². The minimum atomic E-state index is -1.31. The maximum absolute atomic E-state index is 13.8. The fourth-order valence-corrected chi connectivity index (χ4v) is 7.11. The van der Waals surface area contributed by atoms with Gasteiger partial charge in [0, 0.05) is 31.2 Å². The summed E-state index contributed by atoms with van der Waals surface area (Å²) >= 11 is 11.0. The van der Waals surface area contributed by atoms with E-state index in [0.29, 0.717) is 28.0 Å². The van der Waals surface area contributed by atoms with Crippen molar-refractivity contribution in [2.75, 3.05) is 39.4 Å². The number of carboxylic acids is 2. The molecule has 0 unspecified atom stereocenters. The van der Waals surface area contributed by atoms with E-state index in [9.17, 15) is 19.2 Å². The molecule has 8 rings (SSSR count). The van der Waals surface area contributed by atoms with Crippen LogP contribution >= 0.6 is 24.4 Å². The zero-order chi connectivity index (χ0) is 50.2. The van der Waals surface area contributed by atoms with E-state index in [0.717, 1.165) is 39.7 Å². The predicted octanol–water partition coefficient (Wildman–Crippen LogP) is 11.7. The molecule has 1 saturated heterocycles. The number of hydrogen-bond acceptors (Lipinski definition) is 9. The summed E-state index contributed by atoms with van der Waals surface area (Å²) in [5.41, 5.74) is 7.09. The number of thiocarbonyl (C=S) groups is 2. The van der Waals surface area contributed by atoms with Crippen molar-refractivity contribution < 1.29 is 38.9 Å². The summed E-state index contributed by atoms with van der Waals surface area (Å²) in [6, 6.07) is 57.0. The Balaban J connectivity index is 0.000000219. The number of carboxylic acid groups (broad SMARTS) is 2. The van der Waals surface area contributed by atoms with Gasteiger partial charge >= 0.3 is 11.9 Å². The summed E-state index contributed by atoms with van der Waals surface area (Å²) in [5, 5.41) is 22.3. The standard InChI is InChI=1S/C32H27N3O3S.C20H18N2OS.C3H4O4/c1-22-9-17-27(18-10-22)38-28-19-15-26(16-20-28)35-31(37)29(21-23-11-13-24(14-12-23)33(2)3)30(36)34(32(35)39)25-7-5-4-6-8-25;1-15-7-11-18(12-8-15)23-19-13-9-17(10-14-19)22-20(24)21-16-5-3-2-4-6-16;4-2(5)1-3(6)7/h4-21H,1-3H3;2-14H,1H3,(H2,21,22,24);1H2,(H,4,5)(H,6,7)/b29-21+;;. The van der Waals surface area contributed by atoms with Crippen LogP contribution in [-0.2, 0) is 19.2 Å². The van der Waals surface area contributed by atoms with Gasteiger partial charge in [0.25, 0.3) is 11.8 Å². The van der Waals surface area contributed by atoms with Gasteiger partial charge in [0.15, 0.2) is 10.2 Å². The highest BCUT2D eigenvalue weighted by Crippen LogP contribution is 2.32. The van der Waals surface area contributed by atoms with Crippen LogP contribution in [0.2, 0.25) is 0 Å². The summed E-state index contributed by atoms with van der Waals surface area (Å²) < 4.78 is 11.8. The molecule has 0 spiro atoms. The first kappa shape index (κ1) is 50.7. The van der Waals surface area contributed by atoms with E-state index < -0.39 is 30.2 Å². The number of rotatable bonds is 12. The van der Waals surface area contributed by atoms with Gasteiger partial charge in [-0.2, -0.15) is 0 Å². The Labute approximate surface area is 416 Å². The molecule has 354 valence electrons. The number of carbonyl (C=O) groups excluding carboxylic acids is 2. The third-order valence-corrected chi connectivity index (χ3v) is 10.6. The molecule has 0 saturated carbocycles. The quantitative estimate of drug-likeness (QED) is 0.0397. The van der Waals surface area contributed by atoms with Crippen molar-refractivity contribution in [3.8, 4) is 23.0 Å². The lowest BCUT2D eigenvalue weighted by atomic mass is 10.0. The molecule has 0 bridgehead atoms. The second kappa shape index (κ2) is 24.4. The highest BCUT2D eigenvalue weighted by Gasteiger charge is 2.41. The molecule has 7 aromatic rings. The highest BCUT2D eigenvalue weighted by molar-refractivity contribution is 7.81. The van der Waals surface area contributed by atoms with Crippen molar-refractivity contribution in [2.24, 2.45) is 0 Å². The summed E-state index contributed by atoms with van der Waals surface area (Å²) in [7, 11) is 3.91. The smallest absolute Gasteiger partial charge is 0.314 e. The van der Waals surface area contributed by atoms with Crippen LogP contribution in [0.15, 0.2) is 188 Å². The summed E-state index contributed by atoms with van der Waals surface area (Å²) in [5.74, 6) is -0.645. The van der Waals surface area contributed by atoms with Gasteiger partial charge in [0.2, 0.25) is 0 Å². The molecule has 0 radical (unpaired) electrons. The number of anilines is 5. The fourth-order valence-electron chi connectivity index (χ4n) is 6.50. The summed E-state index contributed by atoms with van der Waals surface area (Å²) in [6.07, 6.45) is 0.809.